The van der Waals surface area contributed by atoms with Crippen LogP contribution in [0.15, 0.2) is 46.3 Å². The number of benzene rings is 2. The van der Waals surface area contributed by atoms with E-state index in [0.29, 0.717) is 41.4 Å². The average Bonchev–Trinajstić information content (AvgIpc) is 3.41. The molecule has 3 aromatic rings. The number of ether oxygens (including phenoxy) is 3. The summed E-state index contributed by atoms with van der Waals surface area (Å²) in [4.78, 5) is 18.1. The Morgan fingerprint density at radius 3 is 2.64 bits per heavy atom. The maximum atomic E-state index is 13.1. The van der Waals surface area contributed by atoms with Crippen LogP contribution in [0.4, 0.5) is 0 Å². The van der Waals surface area contributed by atoms with Gasteiger partial charge >= 0.3 is 0 Å². The number of aryl methyl sites for hydroxylation is 1. The molecule has 1 atom stereocenters. The summed E-state index contributed by atoms with van der Waals surface area (Å²) < 4.78 is 46.3. The number of piperidine rings is 1. The Morgan fingerprint density at radius 1 is 1.18 bits per heavy atom. The molecule has 1 unspecified atom stereocenters. The van der Waals surface area contributed by atoms with E-state index in [2.05, 4.69) is 4.99 Å². The van der Waals surface area contributed by atoms with Crippen LogP contribution < -0.4 is 19.0 Å². The fourth-order valence-corrected chi connectivity index (χ4v) is 6.63. The highest BCUT2D eigenvalue weighted by Crippen LogP contribution is 2.36. The molecule has 174 valence electrons. The van der Waals surface area contributed by atoms with Gasteiger partial charge in [-0.25, -0.2) is 8.42 Å². The summed E-state index contributed by atoms with van der Waals surface area (Å²) in [6, 6.07) is 10.0. The molecule has 2 aromatic carbocycles. The molecule has 1 fully saturated rings. The summed E-state index contributed by atoms with van der Waals surface area (Å²) in [6.45, 7) is 0.686. The number of rotatable bonds is 4. The Hall–Kier alpha value is -2.89. The highest BCUT2D eigenvalue weighted by Gasteiger charge is 2.33. The Labute approximate surface area is 194 Å². The monoisotopic (exact) mass is 489 g/mol. The topological polar surface area (TPSA) is 99.4 Å². The van der Waals surface area contributed by atoms with E-state index in [1.54, 1.807) is 12.1 Å². The summed E-state index contributed by atoms with van der Waals surface area (Å²) in [5.41, 5.74) is 0.892. The van der Waals surface area contributed by atoms with Crippen LogP contribution in [0.1, 0.15) is 12.8 Å². The van der Waals surface area contributed by atoms with Crippen molar-refractivity contribution in [3.63, 3.8) is 0 Å². The third-order valence-corrected chi connectivity index (χ3v) is 8.91. The molecular formula is C22H23N3O6S2. The minimum Gasteiger partial charge on any atom is -0.497 e. The molecule has 1 amide bonds. The van der Waals surface area contributed by atoms with Crippen molar-refractivity contribution >= 4 is 37.5 Å². The summed E-state index contributed by atoms with van der Waals surface area (Å²) in [7, 11) is -0.339. The molecule has 1 aromatic heterocycles. The van der Waals surface area contributed by atoms with Gasteiger partial charge in [0.2, 0.25) is 16.8 Å². The van der Waals surface area contributed by atoms with Crippen LogP contribution >= 0.6 is 11.3 Å². The van der Waals surface area contributed by atoms with E-state index in [-0.39, 0.29) is 24.1 Å². The number of fused-ring (bicyclic) bond motifs is 2. The standard InChI is InChI=1S/C22H23N3O6S2/c1-24-17-10-18-19(31-13-30-18)11-20(17)32-22(24)23-21(26)14-4-3-9-25(12-14)33(27,28)16-7-5-15(29-2)6-8-16/h5-8,10-11,14H,3-4,9,12-13H2,1-2H3. The van der Waals surface area contributed by atoms with Gasteiger partial charge in [0.15, 0.2) is 16.3 Å². The normalized spacial score (nSPS) is 19.2. The SMILES string of the molecule is COc1ccc(S(=O)(=O)N2CCCC(C(=O)N=c3sc4cc5c(cc4n3C)OCO5)C2)cc1. The van der Waals surface area contributed by atoms with Crippen molar-refractivity contribution in [1.82, 2.24) is 8.87 Å². The number of carbonyl (C=O) groups is 1. The fourth-order valence-electron chi connectivity index (χ4n) is 4.07. The van der Waals surface area contributed by atoms with Gasteiger partial charge in [0.05, 0.1) is 28.1 Å². The van der Waals surface area contributed by atoms with Crippen molar-refractivity contribution in [3.8, 4) is 17.2 Å². The summed E-state index contributed by atoms with van der Waals surface area (Å²) >= 11 is 1.39. The Kier molecular flexibility index (Phi) is 5.63. The van der Waals surface area contributed by atoms with Crippen LogP contribution in [0.3, 0.4) is 0 Å². The molecule has 0 saturated carbocycles. The quantitative estimate of drug-likeness (QED) is 0.558. The van der Waals surface area contributed by atoms with Crippen LogP contribution in [0.5, 0.6) is 17.2 Å². The second-order valence-electron chi connectivity index (χ2n) is 7.94. The summed E-state index contributed by atoms with van der Waals surface area (Å²) in [6.07, 6.45) is 1.20. The van der Waals surface area contributed by atoms with Crippen molar-refractivity contribution in [2.45, 2.75) is 17.7 Å². The molecule has 2 aliphatic rings. The number of amides is 1. The Bertz CT molecular complexity index is 1390. The molecule has 0 bridgehead atoms. The third-order valence-electron chi connectivity index (χ3n) is 5.94. The van der Waals surface area contributed by atoms with Crippen molar-refractivity contribution in [2.75, 3.05) is 27.0 Å². The maximum Gasteiger partial charge on any atom is 0.252 e. The van der Waals surface area contributed by atoms with Gasteiger partial charge in [-0.2, -0.15) is 9.30 Å². The van der Waals surface area contributed by atoms with Gasteiger partial charge in [0, 0.05) is 32.3 Å². The second kappa shape index (κ2) is 8.47. The average molecular weight is 490 g/mol. The lowest BCUT2D eigenvalue weighted by Gasteiger charge is -2.30. The molecule has 9 nitrogen and oxygen atoms in total. The van der Waals surface area contributed by atoms with E-state index in [0.717, 1.165) is 10.2 Å². The molecule has 33 heavy (non-hydrogen) atoms. The van der Waals surface area contributed by atoms with Gasteiger partial charge in [-0.15, -0.1) is 0 Å². The number of hydrogen-bond donors (Lipinski definition) is 0. The predicted molar refractivity (Wildman–Crippen MR) is 122 cm³/mol. The molecule has 5 rings (SSSR count). The highest BCUT2D eigenvalue weighted by molar-refractivity contribution is 7.89. The zero-order chi connectivity index (χ0) is 23.2. The van der Waals surface area contributed by atoms with E-state index in [9.17, 15) is 13.2 Å². The van der Waals surface area contributed by atoms with Crippen molar-refractivity contribution in [1.29, 1.82) is 0 Å². The predicted octanol–water partition coefficient (Wildman–Crippen LogP) is 2.51. The fraction of sp³-hybridized carbons (Fsp3) is 0.364. The van der Waals surface area contributed by atoms with Crippen LogP contribution in [0.2, 0.25) is 0 Å². The smallest absolute Gasteiger partial charge is 0.252 e. The number of hydrogen-bond acceptors (Lipinski definition) is 7. The molecule has 2 aliphatic heterocycles. The molecule has 0 radical (unpaired) electrons. The van der Waals surface area contributed by atoms with E-state index in [1.807, 2.05) is 23.7 Å². The van der Waals surface area contributed by atoms with Gasteiger partial charge in [-0.1, -0.05) is 11.3 Å². The van der Waals surface area contributed by atoms with Gasteiger partial charge in [0.25, 0.3) is 5.91 Å². The molecular weight excluding hydrogens is 466 g/mol. The largest absolute Gasteiger partial charge is 0.497 e. The molecule has 1 saturated heterocycles. The second-order valence-corrected chi connectivity index (χ2v) is 10.9. The number of carbonyl (C=O) groups excluding carboxylic acids is 1. The van der Waals surface area contributed by atoms with E-state index < -0.39 is 15.9 Å². The summed E-state index contributed by atoms with van der Waals surface area (Å²) in [5.74, 6) is 1.12. The first-order chi connectivity index (χ1) is 15.9. The molecule has 11 heteroatoms. The third kappa shape index (κ3) is 4.00. The van der Waals surface area contributed by atoms with E-state index in [1.165, 1.54) is 34.9 Å². The van der Waals surface area contributed by atoms with E-state index >= 15 is 0 Å². The first kappa shape index (κ1) is 21.9. The molecule has 0 N–H and O–H groups in total. The minimum absolute atomic E-state index is 0.112. The number of thiazole rings is 1. The number of nitrogens with zero attached hydrogens (tertiary/aromatic N) is 3. The number of methoxy groups -OCH3 is 1. The van der Waals surface area contributed by atoms with Crippen LogP contribution in [0, 0.1) is 5.92 Å². The van der Waals surface area contributed by atoms with Crippen molar-refractivity contribution in [2.24, 2.45) is 18.0 Å². The maximum absolute atomic E-state index is 13.1. The molecule has 0 spiro atoms. The minimum atomic E-state index is -3.71. The van der Waals surface area contributed by atoms with Gasteiger partial charge in [-0.3, -0.25) is 4.79 Å². The van der Waals surface area contributed by atoms with Gasteiger partial charge < -0.3 is 18.8 Å². The first-order valence-electron chi connectivity index (χ1n) is 10.5. The zero-order valence-electron chi connectivity index (χ0n) is 18.2. The zero-order valence-corrected chi connectivity index (χ0v) is 19.8. The Morgan fingerprint density at radius 2 is 1.91 bits per heavy atom. The lowest BCUT2D eigenvalue weighted by atomic mass is 9.99. The number of sulfonamides is 1. The summed E-state index contributed by atoms with van der Waals surface area (Å²) in [5, 5.41) is 0. The lowest BCUT2D eigenvalue weighted by Crippen LogP contribution is -2.42. The van der Waals surface area contributed by atoms with Gasteiger partial charge in [-0.05, 0) is 37.1 Å². The van der Waals surface area contributed by atoms with Crippen LogP contribution in [-0.4, -0.2) is 50.2 Å². The van der Waals surface area contributed by atoms with Gasteiger partial charge in [0.1, 0.15) is 5.75 Å². The van der Waals surface area contributed by atoms with Crippen molar-refractivity contribution in [3.05, 3.63) is 41.2 Å². The molecule has 3 heterocycles. The van der Waals surface area contributed by atoms with Crippen molar-refractivity contribution < 1.29 is 27.4 Å². The highest BCUT2D eigenvalue weighted by atomic mass is 32.2. The Balaban J connectivity index is 1.39. The lowest BCUT2D eigenvalue weighted by molar-refractivity contribution is -0.122. The van der Waals surface area contributed by atoms with Crippen LogP contribution in [0.25, 0.3) is 10.2 Å². The molecule has 0 aliphatic carbocycles. The van der Waals surface area contributed by atoms with E-state index in [4.69, 9.17) is 14.2 Å². The number of aromatic nitrogens is 1. The van der Waals surface area contributed by atoms with Crippen LogP contribution in [-0.2, 0) is 21.9 Å². The first-order valence-corrected chi connectivity index (χ1v) is 12.7.